The summed E-state index contributed by atoms with van der Waals surface area (Å²) >= 11 is 0. The normalized spacial score (nSPS) is 10.1. The molecule has 0 atom stereocenters. The number of aromatic hydroxyl groups is 1. The number of nitrogens with zero attached hydrogens (tertiary/aromatic N) is 2. The fourth-order valence-electron chi connectivity index (χ4n) is 1.46. The number of anilines is 1. The van der Waals surface area contributed by atoms with Gasteiger partial charge in [0.05, 0.1) is 11.9 Å². The Balaban J connectivity index is 2.46. The number of phenolic OH excluding ortho intramolecular Hbond substituents is 1. The zero-order valence-electron chi connectivity index (χ0n) is 9.71. The topological polar surface area (TPSA) is 101 Å². The lowest BCUT2D eigenvalue weighted by atomic mass is 10.1. The predicted molar refractivity (Wildman–Crippen MR) is 66.9 cm³/mol. The molecule has 6 nitrogen and oxygen atoms in total. The first-order chi connectivity index (χ1) is 8.61. The van der Waals surface area contributed by atoms with Crippen LogP contribution in [0.1, 0.15) is 10.5 Å². The van der Waals surface area contributed by atoms with Gasteiger partial charge in [0.2, 0.25) is 0 Å². The molecule has 0 aliphatic carbocycles. The summed E-state index contributed by atoms with van der Waals surface area (Å²) in [5.74, 6) is -0.147. The van der Waals surface area contributed by atoms with E-state index in [1.807, 2.05) is 0 Å². The molecule has 92 valence electrons. The van der Waals surface area contributed by atoms with Crippen LogP contribution in [0.25, 0.3) is 11.3 Å². The van der Waals surface area contributed by atoms with Crippen molar-refractivity contribution in [1.29, 1.82) is 0 Å². The van der Waals surface area contributed by atoms with E-state index in [0.717, 1.165) is 5.56 Å². The van der Waals surface area contributed by atoms with E-state index < -0.39 is 0 Å². The largest absolute Gasteiger partial charge is 0.508 e. The Bertz CT molecular complexity index is 581. The highest BCUT2D eigenvalue weighted by molar-refractivity contribution is 5.96. The molecule has 2 rings (SSSR count). The maximum absolute atomic E-state index is 11.5. The minimum Gasteiger partial charge on any atom is -0.508 e. The van der Waals surface area contributed by atoms with Crippen LogP contribution in [0, 0.1) is 0 Å². The van der Waals surface area contributed by atoms with Crippen LogP contribution in [-0.4, -0.2) is 28.0 Å². The molecule has 0 spiro atoms. The number of carbonyl (C=O) groups is 1. The summed E-state index contributed by atoms with van der Waals surface area (Å²) in [4.78, 5) is 19.6. The number of rotatable bonds is 2. The molecule has 6 heteroatoms. The summed E-state index contributed by atoms with van der Waals surface area (Å²) in [6.07, 6.45) is 1.48. The van der Waals surface area contributed by atoms with Crippen LogP contribution < -0.4 is 11.1 Å². The highest BCUT2D eigenvalue weighted by Gasteiger charge is 2.12. The maximum Gasteiger partial charge on any atom is 0.273 e. The van der Waals surface area contributed by atoms with Crippen molar-refractivity contribution in [2.75, 3.05) is 12.8 Å². The highest BCUT2D eigenvalue weighted by Crippen LogP contribution is 2.20. The van der Waals surface area contributed by atoms with Gasteiger partial charge in [-0.25, -0.2) is 9.97 Å². The zero-order chi connectivity index (χ0) is 13.1. The van der Waals surface area contributed by atoms with E-state index in [2.05, 4.69) is 15.3 Å². The van der Waals surface area contributed by atoms with E-state index in [-0.39, 0.29) is 23.2 Å². The molecule has 1 aromatic heterocycles. The van der Waals surface area contributed by atoms with Crippen LogP contribution in [0.5, 0.6) is 5.75 Å². The van der Waals surface area contributed by atoms with Crippen LogP contribution in [0.15, 0.2) is 30.5 Å². The molecule has 0 unspecified atom stereocenters. The highest BCUT2D eigenvalue weighted by atomic mass is 16.3. The van der Waals surface area contributed by atoms with E-state index in [0.29, 0.717) is 5.69 Å². The van der Waals surface area contributed by atoms with Crippen LogP contribution >= 0.6 is 0 Å². The summed E-state index contributed by atoms with van der Waals surface area (Å²) in [5.41, 5.74) is 6.94. The molecule has 0 saturated heterocycles. The minimum absolute atomic E-state index is 0.0804. The fraction of sp³-hybridized carbons (Fsp3) is 0.0833. The Morgan fingerprint density at radius 3 is 2.61 bits per heavy atom. The van der Waals surface area contributed by atoms with Crippen molar-refractivity contribution in [2.24, 2.45) is 0 Å². The number of aromatic nitrogens is 2. The molecule has 0 radical (unpaired) electrons. The zero-order valence-corrected chi connectivity index (χ0v) is 9.71. The average Bonchev–Trinajstić information content (AvgIpc) is 2.39. The fourth-order valence-corrected chi connectivity index (χ4v) is 1.46. The third kappa shape index (κ3) is 2.22. The molecule has 0 bridgehead atoms. The van der Waals surface area contributed by atoms with Gasteiger partial charge in [-0.2, -0.15) is 0 Å². The molecule has 0 aliphatic rings. The van der Waals surface area contributed by atoms with E-state index in [4.69, 9.17) is 5.73 Å². The summed E-state index contributed by atoms with van der Waals surface area (Å²) in [6.45, 7) is 0. The molecule has 0 saturated carbocycles. The number of nitrogens with one attached hydrogen (secondary N) is 1. The van der Waals surface area contributed by atoms with E-state index in [1.54, 1.807) is 12.1 Å². The van der Waals surface area contributed by atoms with E-state index >= 15 is 0 Å². The molecular weight excluding hydrogens is 232 g/mol. The Morgan fingerprint density at radius 2 is 2.00 bits per heavy atom. The van der Waals surface area contributed by atoms with Gasteiger partial charge in [0.1, 0.15) is 5.75 Å². The third-order valence-corrected chi connectivity index (χ3v) is 2.41. The van der Waals surface area contributed by atoms with E-state index in [9.17, 15) is 9.90 Å². The van der Waals surface area contributed by atoms with Crippen molar-refractivity contribution in [3.8, 4) is 17.0 Å². The van der Waals surface area contributed by atoms with Crippen molar-refractivity contribution in [3.05, 3.63) is 36.2 Å². The Kier molecular flexibility index (Phi) is 3.09. The van der Waals surface area contributed by atoms with Gasteiger partial charge in [-0.05, 0) is 24.3 Å². The second-order valence-corrected chi connectivity index (χ2v) is 3.62. The molecule has 1 heterocycles. The smallest absolute Gasteiger partial charge is 0.273 e. The Labute approximate surface area is 104 Å². The minimum atomic E-state index is -0.388. The third-order valence-electron chi connectivity index (χ3n) is 2.41. The Hall–Kier alpha value is -2.63. The van der Waals surface area contributed by atoms with Crippen molar-refractivity contribution in [1.82, 2.24) is 15.3 Å². The van der Waals surface area contributed by atoms with Gasteiger partial charge in [0.15, 0.2) is 11.5 Å². The van der Waals surface area contributed by atoms with Crippen LogP contribution in [0.2, 0.25) is 0 Å². The lowest BCUT2D eigenvalue weighted by molar-refractivity contribution is 0.0959. The quantitative estimate of drug-likeness (QED) is 0.725. The molecule has 18 heavy (non-hydrogen) atoms. The van der Waals surface area contributed by atoms with Gasteiger partial charge >= 0.3 is 0 Å². The van der Waals surface area contributed by atoms with Gasteiger partial charge in [0, 0.05) is 12.6 Å². The molecule has 1 aromatic carbocycles. The summed E-state index contributed by atoms with van der Waals surface area (Å²) in [6, 6.07) is 6.44. The molecule has 2 aromatic rings. The van der Waals surface area contributed by atoms with Gasteiger partial charge in [0.25, 0.3) is 5.91 Å². The monoisotopic (exact) mass is 244 g/mol. The maximum atomic E-state index is 11.5. The summed E-state index contributed by atoms with van der Waals surface area (Å²) < 4.78 is 0. The number of carbonyl (C=O) groups excluding carboxylic acids is 1. The lowest BCUT2D eigenvalue weighted by Crippen LogP contribution is -2.21. The average molecular weight is 244 g/mol. The number of nitrogens with two attached hydrogens (primary N) is 1. The summed E-state index contributed by atoms with van der Waals surface area (Å²) in [5, 5.41) is 11.7. The number of hydrogen-bond donors (Lipinski definition) is 3. The van der Waals surface area contributed by atoms with Gasteiger partial charge in [-0.15, -0.1) is 0 Å². The number of nitrogen functional groups attached to an aromatic ring is 1. The van der Waals surface area contributed by atoms with Crippen LogP contribution in [-0.2, 0) is 0 Å². The SMILES string of the molecule is CNC(=O)c1nc(-c2ccc(O)cc2)cnc1N. The standard InChI is InChI=1S/C12H12N4O2/c1-14-12(18)10-11(13)15-6-9(16-10)7-2-4-8(17)5-3-7/h2-6,17H,1H3,(H2,13,15)(H,14,18). The Morgan fingerprint density at radius 1 is 1.33 bits per heavy atom. The first-order valence-electron chi connectivity index (χ1n) is 5.26. The molecular formula is C12H12N4O2. The first kappa shape index (κ1) is 11.8. The summed E-state index contributed by atoms with van der Waals surface area (Å²) in [7, 11) is 1.50. The molecule has 4 N–H and O–H groups in total. The number of amides is 1. The van der Waals surface area contributed by atoms with Crippen LogP contribution in [0.4, 0.5) is 5.82 Å². The van der Waals surface area contributed by atoms with Crippen molar-refractivity contribution < 1.29 is 9.90 Å². The lowest BCUT2D eigenvalue weighted by Gasteiger charge is -2.06. The second-order valence-electron chi connectivity index (χ2n) is 3.62. The van der Waals surface area contributed by atoms with Gasteiger partial charge < -0.3 is 16.2 Å². The molecule has 0 aliphatic heterocycles. The first-order valence-corrected chi connectivity index (χ1v) is 5.26. The second kappa shape index (κ2) is 4.70. The predicted octanol–water partition coefficient (Wildman–Crippen LogP) is 0.791. The number of benzene rings is 1. The number of hydrogen-bond acceptors (Lipinski definition) is 5. The van der Waals surface area contributed by atoms with Gasteiger partial charge in [-0.3, -0.25) is 4.79 Å². The number of phenols is 1. The van der Waals surface area contributed by atoms with E-state index in [1.165, 1.54) is 25.4 Å². The van der Waals surface area contributed by atoms with Gasteiger partial charge in [-0.1, -0.05) is 0 Å². The molecule has 0 fully saturated rings. The van der Waals surface area contributed by atoms with Crippen molar-refractivity contribution in [2.45, 2.75) is 0 Å². The van der Waals surface area contributed by atoms with Crippen molar-refractivity contribution in [3.63, 3.8) is 0 Å². The van der Waals surface area contributed by atoms with Crippen LogP contribution in [0.3, 0.4) is 0 Å². The molecule has 1 amide bonds. The van der Waals surface area contributed by atoms with Crippen molar-refractivity contribution >= 4 is 11.7 Å².